The molecule has 2 heterocycles. The zero-order valence-corrected chi connectivity index (χ0v) is 18.6. The van der Waals surface area contributed by atoms with Crippen molar-refractivity contribution in [3.8, 4) is 0 Å². The number of esters is 1. The number of benzene rings is 2. The Hall–Kier alpha value is -2.97. The van der Waals surface area contributed by atoms with Crippen LogP contribution < -0.4 is 0 Å². The minimum atomic E-state index is -5.12. The highest BCUT2D eigenvalue weighted by atomic mass is 127. The third kappa shape index (κ3) is 4.58. The summed E-state index contributed by atoms with van der Waals surface area (Å²) in [6.07, 6.45) is -10.2. The molecule has 172 valence electrons. The molecule has 3 aromatic rings. The number of hydrogen-bond donors (Lipinski definition) is 0. The lowest BCUT2D eigenvalue weighted by atomic mass is 10.1. The number of cyclic esters (lactones) is 1. The van der Waals surface area contributed by atoms with Crippen LogP contribution in [0.2, 0.25) is 0 Å². The number of aliphatic imine (C=N–C) groups is 1. The van der Waals surface area contributed by atoms with Crippen LogP contribution in [-0.2, 0) is 23.6 Å². The molecule has 0 saturated carbocycles. The van der Waals surface area contributed by atoms with Crippen molar-refractivity contribution in [2.45, 2.75) is 25.8 Å². The molecule has 2 aromatic carbocycles. The fourth-order valence-corrected chi connectivity index (χ4v) is 3.91. The van der Waals surface area contributed by atoms with Gasteiger partial charge in [-0.2, -0.15) is 31.3 Å². The molecule has 0 atom stereocenters. The molecule has 0 saturated heterocycles. The van der Waals surface area contributed by atoms with Crippen LogP contribution in [0.25, 0.3) is 0 Å². The highest BCUT2D eigenvalue weighted by Gasteiger charge is 2.44. The zero-order chi connectivity index (χ0) is 24.1. The van der Waals surface area contributed by atoms with Crippen LogP contribution in [0.15, 0.2) is 41.4 Å². The monoisotopic (exact) mass is 580 g/mol. The summed E-state index contributed by atoms with van der Waals surface area (Å²) in [6, 6.07) is 9.47. The molecule has 1 aromatic heterocycles. The van der Waals surface area contributed by atoms with Crippen molar-refractivity contribution in [2.24, 2.45) is 4.99 Å². The van der Waals surface area contributed by atoms with E-state index in [9.17, 15) is 31.1 Å². The first-order chi connectivity index (χ1) is 15.3. The predicted molar refractivity (Wildman–Crippen MR) is 111 cm³/mol. The molecule has 1 aliphatic heterocycles. The van der Waals surface area contributed by atoms with E-state index < -0.39 is 36.5 Å². The van der Waals surface area contributed by atoms with Crippen LogP contribution in [-0.4, -0.2) is 26.6 Å². The van der Waals surface area contributed by atoms with Gasteiger partial charge in [0.2, 0.25) is 11.7 Å². The van der Waals surface area contributed by atoms with Gasteiger partial charge in [0.25, 0.3) is 5.82 Å². The molecule has 6 nitrogen and oxygen atoms in total. The van der Waals surface area contributed by atoms with Crippen LogP contribution in [0.5, 0.6) is 0 Å². The van der Waals surface area contributed by atoms with Crippen LogP contribution in [0, 0.1) is 10.5 Å². The van der Waals surface area contributed by atoms with E-state index in [4.69, 9.17) is 4.74 Å². The number of nitrogens with zero attached hydrogens (tertiary/aromatic N) is 4. The van der Waals surface area contributed by atoms with Gasteiger partial charge in [0, 0.05) is 3.57 Å². The Kier molecular flexibility index (Phi) is 5.70. The van der Waals surface area contributed by atoms with Gasteiger partial charge < -0.3 is 4.74 Å². The summed E-state index contributed by atoms with van der Waals surface area (Å²) < 4.78 is 84.0. The molecule has 4 rings (SSSR count). The Balaban J connectivity index is 1.66. The number of fused-ring (bicyclic) bond motifs is 1. The van der Waals surface area contributed by atoms with Crippen molar-refractivity contribution in [2.75, 3.05) is 0 Å². The molecule has 0 unspecified atom stereocenters. The van der Waals surface area contributed by atoms with E-state index in [2.05, 4.69) is 15.1 Å². The molecule has 1 aliphatic rings. The van der Waals surface area contributed by atoms with Gasteiger partial charge in [0.15, 0.2) is 0 Å². The number of aromatic nitrogens is 3. The topological polar surface area (TPSA) is 69.4 Å². The highest BCUT2D eigenvalue weighted by molar-refractivity contribution is 14.1. The van der Waals surface area contributed by atoms with Crippen LogP contribution in [0.3, 0.4) is 0 Å². The summed E-state index contributed by atoms with van der Waals surface area (Å²) in [7, 11) is 0. The highest BCUT2D eigenvalue weighted by Crippen LogP contribution is 2.33. The summed E-state index contributed by atoms with van der Waals surface area (Å²) in [4.78, 5) is 19.1. The van der Waals surface area contributed by atoms with Crippen molar-refractivity contribution >= 4 is 40.1 Å². The van der Waals surface area contributed by atoms with E-state index in [-0.39, 0.29) is 16.1 Å². The van der Waals surface area contributed by atoms with E-state index in [1.807, 2.05) is 22.6 Å². The van der Waals surface area contributed by atoms with E-state index in [0.717, 1.165) is 0 Å². The first kappa shape index (κ1) is 23.2. The Morgan fingerprint density at radius 3 is 2.45 bits per heavy atom. The molecule has 0 aliphatic carbocycles. The van der Waals surface area contributed by atoms with Gasteiger partial charge in [0.05, 0.1) is 23.4 Å². The normalized spacial score (nSPS) is 15.2. The number of carbonyl (C=O) groups is 1. The second-order valence-electron chi connectivity index (χ2n) is 7.00. The minimum Gasteiger partial charge on any atom is -0.403 e. The predicted octanol–water partition coefficient (Wildman–Crippen LogP) is 5.53. The van der Waals surface area contributed by atoms with E-state index in [0.29, 0.717) is 25.9 Å². The molecule has 0 amide bonds. The van der Waals surface area contributed by atoms with E-state index in [1.54, 1.807) is 25.1 Å². The Labute approximate surface area is 195 Å². The van der Waals surface area contributed by atoms with Crippen molar-refractivity contribution in [3.05, 3.63) is 73.9 Å². The second kappa shape index (κ2) is 8.11. The smallest absolute Gasteiger partial charge is 0.403 e. The van der Waals surface area contributed by atoms with Crippen LogP contribution in [0.4, 0.5) is 32.0 Å². The van der Waals surface area contributed by atoms with Gasteiger partial charge in [-0.3, -0.25) is 0 Å². The maximum atomic E-state index is 13.2. The maximum absolute atomic E-state index is 13.2. The number of rotatable bonds is 3. The maximum Gasteiger partial charge on any atom is 0.453 e. The second-order valence-corrected chi connectivity index (χ2v) is 8.16. The number of halogens is 7. The zero-order valence-electron chi connectivity index (χ0n) is 16.4. The van der Waals surface area contributed by atoms with Gasteiger partial charge in [-0.15, -0.1) is 5.10 Å². The molecule has 0 bridgehead atoms. The first-order valence-electron chi connectivity index (χ1n) is 9.13. The standard InChI is InChI=1S/C20H11F6IN4O2/c1-9-7-10(8-31-18(20(24,25)26)29-17(30-31)19(21,22)23)5-6-13(9)28-15-11-3-2-4-12(27)14(11)16(32)33-15/h2-7H,8H2,1H3/b28-15-. The van der Waals surface area contributed by atoms with Gasteiger partial charge in [0.1, 0.15) is 0 Å². The fourth-order valence-electron chi connectivity index (χ4n) is 3.19. The van der Waals surface area contributed by atoms with Crippen molar-refractivity contribution in [1.82, 2.24) is 14.8 Å². The van der Waals surface area contributed by atoms with Crippen molar-refractivity contribution in [1.29, 1.82) is 0 Å². The van der Waals surface area contributed by atoms with Crippen LogP contribution in [0.1, 0.15) is 38.7 Å². The fraction of sp³-hybridized carbons (Fsp3) is 0.200. The third-order valence-electron chi connectivity index (χ3n) is 4.63. The number of hydrogen-bond acceptors (Lipinski definition) is 5. The number of alkyl halides is 6. The Morgan fingerprint density at radius 2 is 1.82 bits per heavy atom. The van der Waals surface area contributed by atoms with Gasteiger partial charge in [-0.25, -0.2) is 14.5 Å². The van der Waals surface area contributed by atoms with E-state index >= 15 is 0 Å². The third-order valence-corrected chi connectivity index (χ3v) is 5.53. The van der Waals surface area contributed by atoms with Crippen molar-refractivity contribution < 1.29 is 35.9 Å². The minimum absolute atomic E-state index is 0.0785. The summed E-state index contributed by atoms with van der Waals surface area (Å²) >= 11 is 2.00. The lowest BCUT2D eigenvalue weighted by Gasteiger charge is -2.10. The van der Waals surface area contributed by atoms with Crippen LogP contribution >= 0.6 is 22.6 Å². The molecular weight excluding hydrogens is 569 g/mol. The molecule has 0 N–H and O–H groups in total. The largest absolute Gasteiger partial charge is 0.453 e. The molecule has 13 heteroatoms. The van der Waals surface area contributed by atoms with E-state index in [1.165, 1.54) is 18.2 Å². The lowest BCUT2D eigenvalue weighted by molar-refractivity contribution is -0.150. The molecule has 0 radical (unpaired) electrons. The average molecular weight is 580 g/mol. The summed E-state index contributed by atoms with van der Waals surface area (Å²) in [6.45, 7) is 1.02. The quantitative estimate of drug-likeness (QED) is 0.233. The van der Waals surface area contributed by atoms with Gasteiger partial charge >= 0.3 is 18.3 Å². The number of carbonyl (C=O) groups excluding carboxylic acids is 1. The summed E-state index contributed by atoms with van der Waals surface area (Å²) in [5.41, 5.74) is 2.02. The average Bonchev–Trinajstić information content (AvgIpc) is 3.26. The van der Waals surface area contributed by atoms with Crippen molar-refractivity contribution in [3.63, 3.8) is 0 Å². The van der Waals surface area contributed by atoms with Gasteiger partial charge in [-0.1, -0.05) is 18.2 Å². The number of aryl methyl sites for hydroxylation is 1. The molecule has 33 heavy (non-hydrogen) atoms. The summed E-state index contributed by atoms with van der Waals surface area (Å²) in [5.74, 6) is -4.09. The lowest BCUT2D eigenvalue weighted by Crippen LogP contribution is -2.16. The summed E-state index contributed by atoms with van der Waals surface area (Å²) in [5, 5.41) is 2.99. The first-order valence-corrected chi connectivity index (χ1v) is 10.2. The van der Waals surface area contributed by atoms with Gasteiger partial charge in [-0.05, 0) is 58.8 Å². The Morgan fingerprint density at radius 1 is 1.09 bits per heavy atom. The molecule has 0 fully saturated rings. The number of ether oxygens (including phenoxy) is 1. The molecule has 0 spiro atoms. The molecular formula is C20H11F6IN4O2. The Bertz CT molecular complexity index is 1300. The SMILES string of the molecule is Cc1cc(Cn2nc(C(F)(F)F)nc2C(F)(F)F)ccc1/N=C1\OC(=O)c2c(I)cccc21.